The van der Waals surface area contributed by atoms with E-state index < -0.39 is 17.3 Å². The zero-order chi connectivity index (χ0) is 10.8. The van der Waals surface area contributed by atoms with Gasteiger partial charge in [-0.25, -0.2) is 9.18 Å². The molecule has 0 aliphatic heterocycles. The standard InChI is InChI=1S/C9H11FN2O2/c1-9(11,8(13)14-2)6-3-4-12-5-7(6)10/h3-5H,11H2,1-2H3/t9-/m0/s1. The molecule has 1 atom stereocenters. The fourth-order valence-corrected chi connectivity index (χ4v) is 1.12. The molecule has 0 bridgehead atoms. The number of hydrogen-bond donors (Lipinski definition) is 1. The molecule has 76 valence electrons. The number of nitrogens with two attached hydrogens (primary N) is 1. The maximum absolute atomic E-state index is 13.2. The van der Waals surface area contributed by atoms with Crippen molar-refractivity contribution in [3.8, 4) is 0 Å². The lowest BCUT2D eigenvalue weighted by atomic mass is 9.94. The Morgan fingerprint density at radius 1 is 1.71 bits per heavy atom. The van der Waals surface area contributed by atoms with Gasteiger partial charge in [0.05, 0.1) is 13.3 Å². The Morgan fingerprint density at radius 2 is 2.36 bits per heavy atom. The zero-order valence-corrected chi connectivity index (χ0v) is 7.95. The highest BCUT2D eigenvalue weighted by atomic mass is 19.1. The van der Waals surface area contributed by atoms with E-state index in [9.17, 15) is 9.18 Å². The van der Waals surface area contributed by atoms with Crippen LogP contribution in [-0.2, 0) is 15.1 Å². The first-order chi connectivity index (χ1) is 6.50. The molecular formula is C9H11FN2O2. The summed E-state index contributed by atoms with van der Waals surface area (Å²) >= 11 is 0. The number of halogens is 1. The predicted molar refractivity (Wildman–Crippen MR) is 47.8 cm³/mol. The highest BCUT2D eigenvalue weighted by Crippen LogP contribution is 2.21. The third-order valence-electron chi connectivity index (χ3n) is 1.94. The number of esters is 1. The van der Waals surface area contributed by atoms with E-state index in [-0.39, 0.29) is 5.56 Å². The lowest BCUT2D eigenvalue weighted by Crippen LogP contribution is -2.43. The van der Waals surface area contributed by atoms with Gasteiger partial charge in [0.1, 0.15) is 11.4 Å². The molecule has 0 amide bonds. The number of rotatable bonds is 2. The molecule has 1 rings (SSSR count). The third kappa shape index (κ3) is 1.72. The largest absolute Gasteiger partial charge is 0.467 e. The van der Waals surface area contributed by atoms with Gasteiger partial charge >= 0.3 is 5.97 Å². The van der Waals surface area contributed by atoms with E-state index in [1.165, 1.54) is 26.3 Å². The number of pyridine rings is 1. The van der Waals surface area contributed by atoms with Crippen molar-refractivity contribution in [1.29, 1.82) is 0 Å². The molecule has 0 saturated heterocycles. The van der Waals surface area contributed by atoms with Gasteiger partial charge in [0.2, 0.25) is 0 Å². The maximum Gasteiger partial charge on any atom is 0.330 e. The highest BCUT2D eigenvalue weighted by molar-refractivity contribution is 5.81. The van der Waals surface area contributed by atoms with Crippen molar-refractivity contribution in [2.75, 3.05) is 7.11 Å². The minimum absolute atomic E-state index is 0.0688. The maximum atomic E-state index is 13.2. The molecule has 0 fully saturated rings. The fourth-order valence-electron chi connectivity index (χ4n) is 1.12. The molecule has 1 aromatic heterocycles. The number of aromatic nitrogens is 1. The van der Waals surface area contributed by atoms with Crippen LogP contribution >= 0.6 is 0 Å². The lowest BCUT2D eigenvalue weighted by molar-refractivity contribution is -0.146. The number of methoxy groups -OCH3 is 1. The predicted octanol–water partition coefficient (Wildman–Crippen LogP) is 0.568. The van der Waals surface area contributed by atoms with E-state index >= 15 is 0 Å². The van der Waals surface area contributed by atoms with E-state index in [0.717, 1.165) is 6.20 Å². The van der Waals surface area contributed by atoms with Gasteiger partial charge in [-0.3, -0.25) is 4.98 Å². The Morgan fingerprint density at radius 3 is 2.86 bits per heavy atom. The van der Waals surface area contributed by atoms with Crippen molar-refractivity contribution in [2.45, 2.75) is 12.5 Å². The van der Waals surface area contributed by atoms with Crippen LogP contribution in [0.4, 0.5) is 4.39 Å². The Kier molecular flexibility index (Phi) is 2.81. The smallest absolute Gasteiger partial charge is 0.330 e. The molecule has 1 aromatic rings. The normalized spacial score (nSPS) is 14.6. The van der Waals surface area contributed by atoms with Crippen molar-refractivity contribution >= 4 is 5.97 Å². The highest BCUT2D eigenvalue weighted by Gasteiger charge is 2.34. The molecule has 4 nitrogen and oxygen atoms in total. The molecule has 0 aromatic carbocycles. The molecule has 0 radical (unpaired) electrons. The van der Waals surface area contributed by atoms with Crippen LogP contribution in [0.1, 0.15) is 12.5 Å². The monoisotopic (exact) mass is 198 g/mol. The van der Waals surface area contributed by atoms with Crippen LogP contribution < -0.4 is 5.73 Å². The Balaban J connectivity index is 3.16. The molecule has 0 unspecified atom stereocenters. The minimum atomic E-state index is -1.48. The molecule has 0 aliphatic rings. The summed E-state index contributed by atoms with van der Waals surface area (Å²) in [5.74, 6) is -1.31. The summed E-state index contributed by atoms with van der Waals surface area (Å²) in [4.78, 5) is 14.8. The number of hydrogen-bond acceptors (Lipinski definition) is 4. The van der Waals surface area contributed by atoms with Gasteiger partial charge in [0.15, 0.2) is 0 Å². The van der Waals surface area contributed by atoms with E-state index in [4.69, 9.17) is 5.73 Å². The molecule has 5 heteroatoms. The van der Waals surface area contributed by atoms with Crippen molar-refractivity contribution in [1.82, 2.24) is 4.98 Å². The van der Waals surface area contributed by atoms with Gasteiger partial charge in [-0.1, -0.05) is 0 Å². The van der Waals surface area contributed by atoms with E-state index in [1.807, 2.05) is 0 Å². The molecule has 0 aliphatic carbocycles. The van der Waals surface area contributed by atoms with Crippen molar-refractivity contribution in [2.24, 2.45) is 5.73 Å². The Bertz CT molecular complexity index is 352. The van der Waals surface area contributed by atoms with Crippen molar-refractivity contribution in [3.63, 3.8) is 0 Å². The van der Waals surface area contributed by atoms with E-state index in [1.54, 1.807) is 0 Å². The SMILES string of the molecule is COC(=O)[C@@](C)(N)c1ccncc1F. The molecule has 0 saturated carbocycles. The number of carbonyl (C=O) groups is 1. The van der Waals surface area contributed by atoms with E-state index in [2.05, 4.69) is 9.72 Å². The summed E-state index contributed by atoms with van der Waals surface area (Å²) in [5, 5.41) is 0. The summed E-state index contributed by atoms with van der Waals surface area (Å²) in [7, 11) is 1.20. The lowest BCUT2D eigenvalue weighted by Gasteiger charge is -2.21. The average molecular weight is 198 g/mol. The van der Waals surface area contributed by atoms with E-state index in [0.29, 0.717) is 0 Å². The van der Waals surface area contributed by atoms with Crippen LogP contribution in [0.25, 0.3) is 0 Å². The number of carbonyl (C=O) groups excluding carboxylic acids is 1. The summed E-state index contributed by atoms with van der Waals surface area (Å²) < 4.78 is 17.7. The first-order valence-corrected chi connectivity index (χ1v) is 3.97. The molecule has 0 spiro atoms. The summed E-state index contributed by atoms with van der Waals surface area (Å²) in [5.41, 5.74) is 4.24. The second-order valence-corrected chi connectivity index (χ2v) is 3.05. The second kappa shape index (κ2) is 3.71. The van der Waals surface area contributed by atoms with Crippen LogP contribution in [0.2, 0.25) is 0 Å². The number of ether oxygens (including phenoxy) is 1. The Hall–Kier alpha value is -1.49. The average Bonchev–Trinajstić information content (AvgIpc) is 2.17. The summed E-state index contributed by atoms with van der Waals surface area (Å²) in [6, 6.07) is 1.35. The van der Waals surface area contributed by atoms with Gasteiger partial charge in [0.25, 0.3) is 0 Å². The van der Waals surface area contributed by atoms with Gasteiger partial charge < -0.3 is 10.5 Å². The quantitative estimate of drug-likeness (QED) is 0.705. The van der Waals surface area contributed by atoms with Crippen LogP contribution in [0.5, 0.6) is 0 Å². The van der Waals surface area contributed by atoms with Gasteiger partial charge in [-0.05, 0) is 13.0 Å². The summed E-state index contributed by atoms with van der Waals surface area (Å²) in [6.07, 6.45) is 2.37. The zero-order valence-electron chi connectivity index (χ0n) is 7.95. The molecule has 2 N–H and O–H groups in total. The van der Waals surface area contributed by atoms with Crippen molar-refractivity contribution < 1.29 is 13.9 Å². The third-order valence-corrected chi connectivity index (χ3v) is 1.94. The fraction of sp³-hybridized carbons (Fsp3) is 0.333. The minimum Gasteiger partial charge on any atom is -0.467 e. The van der Waals surface area contributed by atoms with Gasteiger partial charge in [-0.15, -0.1) is 0 Å². The van der Waals surface area contributed by atoms with Gasteiger partial charge in [0, 0.05) is 11.8 Å². The van der Waals surface area contributed by atoms with Crippen molar-refractivity contribution in [3.05, 3.63) is 29.8 Å². The molecule has 1 heterocycles. The van der Waals surface area contributed by atoms with Crippen LogP contribution in [0, 0.1) is 5.82 Å². The summed E-state index contributed by atoms with van der Waals surface area (Å²) in [6.45, 7) is 1.39. The molecule has 14 heavy (non-hydrogen) atoms. The first-order valence-electron chi connectivity index (χ1n) is 3.97. The van der Waals surface area contributed by atoms with Crippen LogP contribution in [-0.4, -0.2) is 18.1 Å². The Labute approximate surface area is 80.9 Å². The molecular weight excluding hydrogens is 187 g/mol. The number of nitrogens with zero attached hydrogens (tertiary/aromatic N) is 1. The van der Waals surface area contributed by atoms with Crippen LogP contribution in [0.15, 0.2) is 18.5 Å². The van der Waals surface area contributed by atoms with Crippen LogP contribution in [0.3, 0.4) is 0 Å². The second-order valence-electron chi connectivity index (χ2n) is 3.05. The first kappa shape index (κ1) is 10.6. The topological polar surface area (TPSA) is 65.2 Å². The van der Waals surface area contributed by atoms with Gasteiger partial charge in [-0.2, -0.15) is 0 Å².